The van der Waals surface area contributed by atoms with Crippen LogP contribution in [0.15, 0.2) is 9.59 Å². The fourth-order valence-electron chi connectivity index (χ4n) is 2.75. The molecule has 0 bridgehead atoms. The Morgan fingerprint density at radius 2 is 2.05 bits per heavy atom. The lowest BCUT2D eigenvalue weighted by Gasteiger charge is -2.28. The van der Waals surface area contributed by atoms with E-state index in [1.165, 1.54) is 11.6 Å². The highest BCUT2D eigenvalue weighted by Gasteiger charge is 2.29. The van der Waals surface area contributed by atoms with Gasteiger partial charge in [-0.15, -0.1) is 0 Å². The van der Waals surface area contributed by atoms with Crippen LogP contribution in [-0.4, -0.2) is 33.7 Å². The Labute approximate surface area is 121 Å². The zero-order valence-corrected chi connectivity index (χ0v) is 12.7. The molecule has 20 heavy (non-hydrogen) atoms. The van der Waals surface area contributed by atoms with Crippen LogP contribution in [0.5, 0.6) is 0 Å². The molecule has 1 fully saturated rings. The molecule has 0 amide bonds. The van der Waals surface area contributed by atoms with Gasteiger partial charge in [0.25, 0.3) is 5.56 Å². The lowest BCUT2D eigenvalue weighted by molar-refractivity contribution is 0.646. The van der Waals surface area contributed by atoms with Crippen molar-refractivity contribution in [3.8, 4) is 6.07 Å². The normalized spacial score (nSPS) is 18.3. The molecule has 2 heterocycles. The molecule has 1 aliphatic rings. The van der Waals surface area contributed by atoms with E-state index in [0.29, 0.717) is 5.82 Å². The highest BCUT2D eigenvalue weighted by molar-refractivity contribution is 7.98. The van der Waals surface area contributed by atoms with E-state index in [1.54, 1.807) is 18.8 Å². The summed E-state index contributed by atoms with van der Waals surface area (Å²) in [5.74, 6) is 1.39. The first-order chi connectivity index (χ1) is 9.52. The van der Waals surface area contributed by atoms with Gasteiger partial charge >= 0.3 is 5.69 Å². The van der Waals surface area contributed by atoms with Gasteiger partial charge in [0, 0.05) is 32.4 Å². The van der Waals surface area contributed by atoms with Crippen molar-refractivity contribution in [3.05, 3.63) is 26.4 Å². The standard InChI is InChI=1S/C13H18N4O2S/c1-15-11(17-6-4-5-9(17)8-20-3)10(7-14)12(18)16(2)13(15)19/h9H,4-6,8H2,1-3H3. The summed E-state index contributed by atoms with van der Waals surface area (Å²) in [5, 5.41) is 9.30. The van der Waals surface area contributed by atoms with E-state index in [-0.39, 0.29) is 17.3 Å². The van der Waals surface area contributed by atoms with Crippen LogP contribution in [0.25, 0.3) is 0 Å². The van der Waals surface area contributed by atoms with Crippen molar-refractivity contribution in [1.29, 1.82) is 5.26 Å². The Hall–Kier alpha value is -1.68. The average Bonchev–Trinajstić information content (AvgIpc) is 2.88. The third-order valence-corrected chi connectivity index (χ3v) is 4.47. The van der Waals surface area contributed by atoms with E-state index in [2.05, 4.69) is 0 Å². The summed E-state index contributed by atoms with van der Waals surface area (Å²) in [6.45, 7) is 0.778. The number of nitrogens with zero attached hydrogens (tertiary/aromatic N) is 4. The molecule has 0 aromatic carbocycles. The second kappa shape index (κ2) is 5.75. The fourth-order valence-corrected chi connectivity index (χ4v) is 3.48. The highest BCUT2D eigenvalue weighted by atomic mass is 32.2. The van der Waals surface area contributed by atoms with Gasteiger partial charge in [-0.1, -0.05) is 0 Å². The number of thioether (sulfide) groups is 1. The number of aromatic nitrogens is 2. The first kappa shape index (κ1) is 14.7. The second-order valence-electron chi connectivity index (χ2n) is 4.96. The molecule has 0 spiro atoms. The van der Waals surface area contributed by atoms with E-state index in [4.69, 9.17) is 0 Å². The molecule has 1 aromatic rings. The Morgan fingerprint density at radius 3 is 2.65 bits per heavy atom. The molecule has 6 nitrogen and oxygen atoms in total. The minimum atomic E-state index is -0.514. The smallest absolute Gasteiger partial charge is 0.332 e. The predicted molar refractivity (Wildman–Crippen MR) is 80.4 cm³/mol. The zero-order valence-electron chi connectivity index (χ0n) is 11.9. The quantitative estimate of drug-likeness (QED) is 0.801. The number of nitriles is 1. The van der Waals surface area contributed by atoms with Gasteiger partial charge in [0.2, 0.25) is 0 Å². The van der Waals surface area contributed by atoms with Gasteiger partial charge in [0.15, 0.2) is 5.56 Å². The Balaban J connectivity index is 2.65. The van der Waals surface area contributed by atoms with E-state index in [1.807, 2.05) is 17.2 Å². The Morgan fingerprint density at radius 1 is 1.35 bits per heavy atom. The molecular weight excluding hydrogens is 276 g/mol. The maximum absolute atomic E-state index is 12.1. The zero-order chi connectivity index (χ0) is 14.9. The van der Waals surface area contributed by atoms with E-state index in [0.717, 1.165) is 29.7 Å². The third kappa shape index (κ3) is 2.24. The van der Waals surface area contributed by atoms with Crippen LogP contribution in [0.1, 0.15) is 18.4 Å². The Bertz CT molecular complexity index is 671. The van der Waals surface area contributed by atoms with Crippen molar-refractivity contribution in [2.45, 2.75) is 18.9 Å². The van der Waals surface area contributed by atoms with Crippen LogP contribution < -0.4 is 16.1 Å². The van der Waals surface area contributed by atoms with Crippen molar-refractivity contribution in [3.63, 3.8) is 0 Å². The first-order valence-electron chi connectivity index (χ1n) is 6.48. The van der Waals surface area contributed by atoms with Crippen LogP contribution in [0.2, 0.25) is 0 Å². The van der Waals surface area contributed by atoms with Gasteiger partial charge in [-0.3, -0.25) is 13.9 Å². The van der Waals surface area contributed by atoms with Crippen molar-refractivity contribution >= 4 is 17.6 Å². The van der Waals surface area contributed by atoms with E-state index >= 15 is 0 Å². The lowest BCUT2D eigenvalue weighted by Crippen LogP contribution is -2.44. The molecule has 0 radical (unpaired) electrons. The lowest BCUT2D eigenvalue weighted by atomic mass is 10.2. The van der Waals surface area contributed by atoms with Gasteiger partial charge in [-0.25, -0.2) is 4.79 Å². The van der Waals surface area contributed by atoms with E-state index in [9.17, 15) is 14.9 Å². The summed E-state index contributed by atoms with van der Waals surface area (Å²) >= 11 is 1.73. The molecule has 0 N–H and O–H groups in total. The molecule has 108 valence electrons. The molecule has 1 aromatic heterocycles. The van der Waals surface area contributed by atoms with Crippen LogP contribution in [0, 0.1) is 11.3 Å². The van der Waals surface area contributed by atoms with Crippen molar-refractivity contribution in [2.75, 3.05) is 23.5 Å². The fraction of sp³-hybridized carbons (Fsp3) is 0.615. The third-order valence-electron chi connectivity index (χ3n) is 3.75. The maximum Gasteiger partial charge on any atom is 0.332 e. The van der Waals surface area contributed by atoms with Crippen LogP contribution in [0.4, 0.5) is 5.82 Å². The van der Waals surface area contributed by atoms with Crippen molar-refractivity contribution in [2.24, 2.45) is 14.1 Å². The Kier molecular flexibility index (Phi) is 4.23. The second-order valence-corrected chi connectivity index (χ2v) is 5.87. The molecule has 1 saturated heterocycles. The van der Waals surface area contributed by atoms with Gasteiger partial charge < -0.3 is 4.90 Å². The highest BCUT2D eigenvalue weighted by Crippen LogP contribution is 2.27. The summed E-state index contributed by atoms with van der Waals surface area (Å²) in [6, 6.07) is 2.24. The summed E-state index contributed by atoms with van der Waals surface area (Å²) in [6.07, 6.45) is 4.07. The van der Waals surface area contributed by atoms with Gasteiger partial charge in [0.1, 0.15) is 11.9 Å². The number of anilines is 1. The first-order valence-corrected chi connectivity index (χ1v) is 7.88. The van der Waals surface area contributed by atoms with Crippen LogP contribution >= 0.6 is 11.8 Å². The molecule has 1 atom stereocenters. The van der Waals surface area contributed by atoms with Crippen LogP contribution in [-0.2, 0) is 14.1 Å². The maximum atomic E-state index is 12.1. The largest absolute Gasteiger partial charge is 0.353 e. The minimum absolute atomic E-state index is 0.0580. The molecular formula is C13H18N4O2S. The summed E-state index contributed by atoms with van der Waals surface area (Å²) in [7, 11) is 3.02. The average molecular weight is 294 g/mol. The van der Waals surface area contributed by atoms with Gasteiger partial charge in [0.05, 0.1) is 0 Å². The molecule has 1 unspecified atom stereocenters. The van der Waals surface area contributed by atoms with Gasteiger partial charge in [-0.2, -0.15) is 17.0 Å². The molecule has 7 heteroatoms. The summed E-state index contributed by atoms with van der Waals surface area (Å²) in [4.78, 5) is 26.2. The number of hydrogen-bond acceptors (Lipinski definition) is 5. The summed E-state index contributed by atoms with van der Waals surface area (Å²) in [5.41, 5.74) is -0.846. The number of rotatable bonds is 3. The topological polar surface area (TPSA) is 71.0 Å². The van der Waals surface area contributed by atoms with Gasteiger partial charge in [-0.05, 0) is 19.1 Å². The summed E-state index contributed by atoms with van der Waals surface area (Å²) < 4.78 is 2.40. The SMILES string of the molecule is CSCC1CCCN1c1c(C#N)c(=O)n(C)c(=O)n1C. The van der Waals surface area contributed by atoms with Crippen molar-refractivity contribution in [1.82, 2.24) is 9.13 Å². The van der Waals surface area contributed by atoms with Crippen molar-refractivity contribution < 1.29 is 0 Å². The minimum Gasteiger partial charge on any atom is -0.353 e. The number of hydrogen-bond donors (Lipinski definition) is 0. The monoisotopic (exact) mass is 294 g/mol. The molecule has 2 rings (SSSR count). The molecule has 0 aliphatic carbocycles. The predicted octanol–water partition coefficient (Wildman–Crippen LogP) is 0.287. The molecule has 0 saturated carbocycles. The molecule has 1 aliphatic heterocycles. The van der Waals surface area contributed by atoms with E-state index < -0.39 is 5.56 Å². The van der Waals surface area contributed by atoms with Crippen LogP contribution in [0.3, 0.4) is 0 Å².